The lowest BCUT2D eigenvalue weighted by molar-refractivity contribution is -0.126. The Morgan fingerprint density at radius 2 is 1.76 bits per heavy atom. The van der Waals surface area contributed by atoms with Crippen LogP contribution in [0.3, 0.4) is 0 Å². The van der Waals surface area contributed by atoms with E-state index >= 15 is 0 Å². The van der Waals surface area contributed by atoms with Gasteiger partial charge in [-0.05, 0) is 57.2 Å². The second-order valence-corrected chi connectivity index (χ2v) is 7.23. The maximum Gasteiger partial charge on any atom is 0.230 e. The van der Waals surface area contributed by atoms with E-state index in [1.54, 1.807) is 0 Å². The van der Waals surface area contributed by atoms with Gasteiger partial charge in [0.2, 0.25) is 5.91 Å². The lowest BCUT2D eigenvalue weighted by atomic mass is 9.81. The minimum Gasteiger partial charge on any atom is -0.353 e. The molecule has 21 heavy (non-hydrogen) atoms. The van der Waals surface area contributed by atoms with Crippen LogP contribution in [0.1, 0.15) is 58.4 Å². The van der Waals surface area contributed by atoms with E-state index in [4.69, 9.17) is 11.6 Å². The van der Waals surface area contributed by atoms with E-state index < -0.39 is 5.41 Å². The largest absolute Gasteiger partial charge is 0.353 e. The highest BCUT2D eigenvalue weighted by atomic mass is 35.5. The summed E-state index contributed by atoms with van der Waals surface area (Å²) >= 11 is 5.93. The van der Waals surface area contributed by atoms with Gasteiger partial charge in [-0.25, -0.2) is 0 Å². The fourth-order valence-corrected chi connectivity index (χ4v) is 3.26. The fourth-order valence-electron chi connectivity index (χ4n) is 3.14. The van der Waals surface area contributed by atoms with Gasteiger partial charge in [-0.15, -0.1) is 0 Å². The first-order valence-corrected chi connectivity index (χ1v) is 8.36. The molecule has 0 heterocycles. The van der Waals surface area contributed by atoms with Crippen molar-refractivity contribution in [3.05, 3.63) is 34.9 Å². The summed E-state index contributed by atoms with van der Waals surface area (Å²) in [6, 6.07) is 7.82. The van der Waals surface area contributed by atoms with Crippen molar-refractivity contribution in [2.75, 3.05) is 0 Å². The summed E-state index contributed by atoms with van der Waals surface area (Å²) in [6.07, 6.45) is 6.41. The fraction of sp³-hybridized carbons (Fsp3) is 0.611. The van der Waals surface area contributed by atoms with Gasteiger partial charge in [0.15, 0.2) is 0 Å². The van der Waals surface area contributed by atoms with E-state index in [0.717, 1.165) is 5.56 Å². The smallest absolute Gasteiger partial charge is 0.230 e. The van der Waals surface area contributed by atoms with Crippen molar-refractivity contribution < 1.29 is 4.79 Å². The van der Waals surface area contributed by atoms with Crippen molar-refractivity contribution >= 4 is 17.5 Å². The molecule has 1 aliphatic carbocycles. The molecule has 1 atom stereocenters. The minimum atomic E-state index is -0.534. The molecule has 0 radical (unpaired) electrons. The maximum absolute atomic E-state index is 12.7. The number of hydrogen-bond acceptors (Lipinski definition) is 1. The van der Waals surface area contributed by atoms with E-state index in [2.05, 4.69) is 12.2 Å². The van der Waals surface area contributed by atoms with Crippen LogP contribution >= 0.6 is 11.6 Å². The first kappa shape index (κ1) is 16.4. The van der Waals surface area contributed by atoms with Gasteiger partial charge in [0.1, 0.15) is 0 Å². The Kier molecular flexibility index (Phi) is 5.32. The third kappa shape index (κ3) is 4.00. The van der Waals surface area contributed by atoms with E-state index in [1.807, 2.05) is 38.1 Å². The second-order valence-electron chi connectivity index (χ2n) is 6.79. The predicted molar refractivity (Wildman–Crippen MR) is 88.7 cm³/mol. The standard InChI is InChI=1S/C18H26ClNO/c1-13(14-7-5-4-6-8-14)20-17(21)18(2,3)15-9-11-16(19)12-10-15/h9-14H,4-8H2,1-3H3,(H,20,21). The number of halogens is 1. The van der Waals surface area contributed by atoms with E-state index in [9.17, 15) is 4.79 Å². The minimum absolute atomic E-state index is 0.0999. The van der Waals surface area contributed by atoms with Crippen LogP contribution in [0.15, 0.2) is 24.3 Å². The average molecular weight is 308 g/mol. The molecule has 0 aliphatic heterocycles. The Morgan fingerprint density at radius 3 is 2.33 bits per heavy atom. The summed E-state index contributed by atoms with van der Waals surface area (Å²) in [6.45, 7) is 6.09. The van der Waals surface area contributed by atoms with Crippen LogP contribution in [-0.2, 0) is 10.2 Å². The molecule has 1 unspecified atom stereocenters. The number of nitrogens with one attached hydrogen (secondary N) is 1. The summed E-state index contributed by atoms with van der Waals surface area (Å²) in [5, 5.41) is 3.93. The molecule has 116 valence electrons. The zero-order chi connectivity index (χ0) is 15.5. The molecule has 0 bridgehead atoms. The molecule has 1 fully saturated rings. The Morgan fingerprint density at radius 1 is 1.19 bits per heavy atom. The Hall–Kier alpha value is -1.02. The molecule has 0 saturated heterocycles. The second kappa shape index (κ2) is 6.83. The quantitative estimate of drug-likeness (QED) is 0.858. The molecule has 1 aromatic rings. The van der Waals surface area contributed by atoms with Crippen LogP contribution in [-0.4, -0.2) is 11.9 Å². The van der Waals surface area contributed by atoms with Gasteiger partial charge in [0.25, 0.3) is 0 Å². The van der Waals surface area contributed by atoms with Crippen molar-refractivity contribution in [1.82, 2.24) is 5.32 Å². The Labute approximate surface area is 133 Å². The zero-order valence-electron chi connectivity index (χ0n) is 13.3. The van der Waals surface area contributed by atoms with Crippen molar-refractivity contribution in [2.45, 2.75) is 64.3 Å². The third-order valence-corrected chi connectivity index (χ3v) is 5.10. The molecule has 1 N–H and O–H groups in total. The van der Waals surface area contributed by atoms with Crippen LogP contribution < -0.4 is 5.32 Å². The van der Waals surface area contributed by atoms with Crippen LogP contribution in [0, 0.1) is 5.92 Å². The molecule has 0 spiro atoms. The topological polar surface area (TPSA) is 29.1 Å². The number of amides is 1. The van der Waals surface area contributed by atoms with Crippen LogP contribution in [0.5, 0.6) is 0 Å². The number of carbonyl (C=O) groups is 1. The number of hydrogen-bond donors (Lipinski definition) is 1. The molecule has 2 nitrogen and oxygen atoms in total. The Balaban J connectivity index is 2.02. The predicted octanol–water partition coefficient (Wildman–Crippen LogP) is 4.70. The van der Waals surface area contributed by atoms with Gasteiger partial charge >= 0.3 is 0 Å². The maximum atomic E-state index is 12.7. The first-order valence-electron chi connectivity index (χ1n) is 7.98. The van der Waals surface area contributed by atoms with Gasteiger partial charge in [0, 0.05) is 11.1 Å². The van der Waals surface area contributed by atoms with Crippen LogP contribution in [0.2, 0.25) is 5.02 Å². The molecule has 1 aliphatic rings. The monoisotopic (exact) mass is 307 g/mol. The van der Waals surface area contributed by atoms with Gasteiger partial charge in [-0.3, -0.25) is 4.79 Å². The van der Waals surface area contributed by atoms with E-state index in [-0.39, 0.29) is 11.9 Å². The zero-order valence-corrected chi connectivity index (χ0v) is 14.0. The highest BCUT2D eigenvalue weighted by molar-refractivity contribution is 6.30. The number of benzene rings is 1. The third-order valence-electron chi connectivity index (χ3n) is 4.85. The highest BCUT2D eigenvalue weighted by Gasteiger charge is 2.32. The molecule has 1 aromatic carbocycles. The molecule has 2 rings (SSSR count). The van der Waals surface area contributed by atoms with E-state index in [0.29, 0.717) is 10.9 Å². The van der Waals surface area contributed by atoms with Crippen LogP contribution in [0.4, 0.5) is 0 Å². The first-order chi connectivity index (χ1) is 9.91. The highest BCUT2D eigenvalue weighted by Crippen LogP contribution is 2.28. The summed E-state index contributed by atoms with van der Waals surface area (Å²) in [5.41, 5.74) is 0.466. The summed E-state index contributed by atoms with van der Waals surface area (Å²) in [5.74, 6) is 0.728. The van der Waals surface area contributed by atoms with Gasteiger partial charge < -0.3 is 5.32 Å². The van der Waals surface area contributed by atoms with Gasteiger partial charge in [-0.1, -0.05) is 43.0 Å². The summed E-state index contributed by atoms with van der Waals surface area (Å²) in [4.78, 5) is 12.7. The summed E-state index contributed by atoms with van der Waals surface area (Å²) in [7, 11) is 0. The van der Waals surface area contributed by atoms with Gasteiger partial charge in [-0.2, -0.15) is 0 Å². The molecule has 3 heteroatoms. The lowest BCUT2D eigenvalue weighted by Gasteiger charge is -2.32. The normalized spacial score (nSPS) is 18.3. The molecule has 1 amide bonds. The molecular formula is C18H26ClNO. The number of carbonyl (C=O) groups excluding carboxylic acids is 1. The summed E-state index contributed by atoms with van der Waals surface area (Å²) < 4.78 is 0. The lowest BCUT2D eigenvalue weighted by Crippen LogP contribution is -2.47. The molecule has 0 aromatic heterocycles. The van der Waals surface area contributed by atoms with Crippen molar-refractivity contribution in [3.8, 4) is 0 Å². The van der Waals surface area contributed by atoms with Crippen LogP contribution in [0.25, 0.3) is 0 Å². The van der Waals surface area contributed by atoms with E-state index in [1.165, 1.54) is 32.1 Å². The molecular weight excluding hydrogens is 282 g/mol. The Bertz CT molecular complexity index is 474. The van der Waals surface area contributed by atoms with Gasteiger partial charge in [0.05, 0.1) is 5.41 Å². The number of rotatable bonds is 4. The average Bonchev–Trinajstić information content (AvgIpc) is 2.48. The molecule has 1 saturated carbocycles. The van der Waals surface area contributed by atoms with Crippen molar-refractivity contribution in [1.29, 1.82) is 0 Å². The van der Waals surface area contributed by atoms with Crippen molar-refractivity contribution in [2.24, 2.45) is 5.92 Å². The SMILES string of the molecule is CC(NC(=O)C(C)(C)c1ccc(Cl)cc1)C1CCCCC1. The van der Waals surface area contributed by atoms with Crippen molar-refractivity contribution in [3.63, 3.8) is 0 Å².